The number of rotatable bonds is 17. The van der Waals surface area contributed by atoms with Crippen LogP contribution in [-0.4, -0.2) is 107 Å². The summed E-state index contributed by atoms with van der Waals surface area (Å²) >= 11 is 0. The van der Waals surface area contributed by atoms with Gasteiger partial charge < -0.3 is 38.8 Å². The number of hydrogen-bond donors (Lipinski definition) is 4. The first-order valence-electron chi connectivity index (χ1n) is 9.07. The summed E-state index contributed by atoms with van der Waals surface area (Å²) < 4.78 is 41.9. The van der Waals surface area contributed by atoms with E-state index in [-0.39, 0.29) is 39.5 Å². The quantitative estimate of drug-likeness (QED) is 0.110. The molecule has 0 aliphatic heterocycles. The van der Waals surface area contributed by atoms with E-state index in [2.05, 4.69) is 22.2 Å². The topological polar surface area (TPSA) is 193 Å². The monoisotopic (exact) mass is 504 g/mol. The molecule has 16 heteroatoms. The van der Waals surface area contributed by atoms with Crippen molar-refractivity contribution in [2.24, 2.45) is 0 Å². The third-order valence-corrected chi connectivity index (χ3v) is 4.75. The lowest BCUT2D eigenvalue weighted by Gasteiger charge is -2.24. The van der Waals surface area contributed by atoms with Gasteiger partial charge in [-0.2, -0.15) is 0 Å². The molecule has 4 N–H and O–H groups in total. The van der Waals surface area contributed by atoms with Crippen LogP contribution in [0.1, 0.15) is 0 Å². The molecule has 0 aromatic carbocycles. The number of phosphoric acid groups is 2. The van der Waals surface area contributed by atoms with Gasteiger partial charge in [0.25, 0.3) is 0 Å². The second-order valence-electron chi connectivity index (χ2n) is 6.43. The molecule has 32 heavy (non-hydrogen) atoms. The van der Waals surface area contributed by atoms with Crippen LogP contribution < -0.4 is 0 Å². The number of carbonyl (C=O) groups is 2. The van der Waals surface area contributed by atoms with Crippen LogP contribution in [0.15, 0.2) is 25.3 Å². The van der Waals surface area contributed by atoms with Crippen LogP contribution in [0.2, 0.25) is 0 Å². The van der Waals surface area contributed by atoms with Crippen LogP contribution in [0.25, 0.3) is 0 Å². The molecular weight excluding hydrogens is 474 g/mol. The molecule has 2 atom stereocenters. The zero-order valence-corrected chi connectivity index (χ0v) is 19.6. The number of carbonyl (C=O) groups excluding carboxylic acids is 2. The second kappa shape index (κ2) is 14.7. The average Bonchev–Trinajstić information content (AvgIpc) is 2.66. The average molecular weight is 504 g/mol. The number of likely N-dealkylation sites (N-methyl/N-ethyl adjacent to an activating group) is 2. The zero-order chi connectivity index (χ0) is 24.9. The van der Waals surface area contributed by atoms with E-state index in [0.29, 0.717) is 0 Å². The third kappa shape index (κ3) is 15.4. The lowest BCUT2D eigenvalue weighted by Crippen LogP contribution is -2.37. The lowest BCUT2D eigenvalue weighted by atomic mass is 10.3. The van der Waals surface area contributed by atoms with Crippen LogP contribution in [0.3, 0.4) is 0 Å². The van der Waals surface area contributed by atoms with Crippen LogP contribution in [0.4, 0.5) is 0 Å². The summed E-state index contributed by atoms with van der Waals surface area (Å²) in [6, 6.07) is 0. The minimum absolute atomic E-state index is 0.0792. The van der Waals surface area contributed by atoms with Gasteiger partial charge in [-0.1, -0.05) is 13.2 Å². The standard InChI is InChI=1S/C16H30N2O12P2/c1-5-15(19)17(3)9-13(29-31(21,22)23)11-27-7-8-28-12-14(30-32(24,25)26)10-18(4)16(20)6-2/h5-6,13-14H,1-2,7-12H2,3-4H3,(H2,21,22,23)(H2,24,25,26). The van der Waals surface area contributed by atoms with Crippen molar-refractivity contribution in [1.29, 1.82) is 0 Å². The molecule has 0 radical (unpaired) electrons. The predicted octanol–water partition coefficient (Wildman–Crippen LogP) is -0.736. The minimum Gasteiger partial charge on any atom is -0.376 e. The Morgan fingerprint density at radius 3 is 1.38 bits per heavy atom. The summed E-state index contributed by atoms with van der Waals surface area (Å²) in [6.45, 7) is 5.52. The van der Waals surface area contributed by atoms with Gasteiger partial charge in [-0.3, -0.25) is 18.6 Å². The Morgan fingerprint density at radius 2 is 1.12 bits per heavy atom. The normalized spacial score (nSPS) is 13.8. The Balaban J connectivity index is 4.60. The Morgan fingerprint density at radius 1 is 0.812 bits per heavy atom. The highest BCUT2D eigenvalue weighted by atomic mass is 31.2. The Kier molecular flexibility index (Phi) is 14.0. The molecule has 14 nitrogen and oxygen atoms in total. The van der Waals surface area contributed by atoms with Crippen molar-refractivity contribution in [2.75, 3.05) is 53.6 Å². The van der Waals surface area contributed by atoms with E-state index in [1.54, 1.807) is 0 Å². The molecule has 0 heterocycles. The van der Waals surface area contributed by atoms with Crippen molar-refractivity contribution in [2.45, 2.75) is 12.2 Å². The maximum Gasteiger partial charge on any atom is 0.469 e. The van der Waals surface area contributed by atoms with Crippen LogP contribution in [0, 0.1) is 0 Å². The van der Waals surface area contributed by atoms with E-state index in [0.717, 1.165) is 22.0 Å². The van der Waals surface area contributed by atoms with Gasteiger partial charge in [0.1, 0.15) is 12.2 Å². The van der Waals surface area contributed by atoms with E-state index < -0.39 is 39.7 Å². The van der Waals surface area contributed by atoms with E-state index in [1.807, 2.05) is 0 Å². The molecule has 0 saturated carbocycles. The van der Waals surface area contributed by atoms with Gasteiger partial charge in [-0.15, -0.1) is 0 Å². The fraction of sp³-hybridized carbons (Fsp3) is 0.625. The van der Waals surface area contributed by atoms with E-state index >= 15 is 0 Å². The van der Waals surface area contributed by atoms with Crippen molar-refractivity contribution in [3.8, 4) is 0 Å². The maximum atomic E-state index is 11.5. The van der Waals surface area contributed by atoms with Gasteiger partial charge in [0.15, 0.2) is 0 Å². The summed E-state index contributed by atoms with van der Waals surface area (Å²) in [7, 11) is -6.91. The summed E-state index contributed by atoms with van der Waals surface area (Å²) in [5.41, 5.74) is 0. The van der Waals surface area contributed by atoms with Crippen LogP contribution in [-0.2, 0) is 37.2 Å². The predicted molar refractivity (Wildman–Crippen MR) is 111 cm³/mol. The van der Waals surface area contributed by atoms with Crippen molar-refractivity contribution in [1.82, 2.24) is 9.80 Å². The summed E-state index contributed by atoms with van der Waals surface area (Å²) in [6.07, 6.45) is -0.234. The molecule has 0 bridgehead atoms. The molecule has 0 aliphatic carbocycles. The maximum absolute atomic E-state index is 11.5. The minimum atomic E-state index is -4.84. The van der Waals surface area contributed by atoms with Crippen LogP contribution in [0.5, 0.6) is 0 Å². The van der Waals surface area contributed by atoms with Gasteiger partial charge in [-0.25, -0.2) is 9.13 Å². The molecule has 2 unspecified atom stereocenters. The smallest absolute Gasteiger partial charge is 0.376 e. The van der Waals surface area contributed by atoms with Gasteiger partial charge in [0.2, 0.25) is 11.8 Å². The highest BCUT2D eigenvalue weighted by Crippen LogP contribution is 2.38. The first-order valence-corrected chi connectivity index (χ1v) is 12.1. The molecular formula is C16H30N2O12P2. The molecule has 0 aromatic heterocycles. The number of nitrogens with zero attached hydrogens (tertiary/aromatic N) is 2. The number of ether oxygens (including phenoxy) is 2. The highest BCUT2D eigenvalue weighted by Gasteiger charge is 2.26. The Labute approximate surface area is 185 Å². The van der Waals surface area contributed by atoms with Crippen molar-refractivity contribution >= 4 is 27.5 Å². The fourth-order valence-electron chi connectivity index (χ4n) is 2.27. The molecule has 0 rings (SSSR count). The van der Waals surface area contributed by atoms with E-state index in [4.69, 9.17) is 29.0 Å². The first-order chi connectivity index (χ1) is 14.7. The van der Waals surface area contributed by atoms with Crippen molar-refractivity contribution in [3.63, 3.8) is 0 Å². The van der Waals surface area contributed by atoms with Gasteiger partial charge in [0, 0.05) is 27.2 Å². The fourth-order valence-corrected chi connectivity index (χ4v) is 3.30. The molecule has 0 fully saturated rings. The second-order valence-corrected chi connectivity index (χ2v) is 8.82. The van der Waals surface area contributed by atoms with Crippen molar-refractivity contribution in [3.05, 3.63) is 25.3 Å². The molecule has 0 aliphatic rings. The van der Waals surface area contributed by atoms with Crippen LogP contribution >= 0.6 is 15.6 Å². The summed E-state index contributed by atoms with van der Waals surface area (Å²) in [5.74, 6) is -0.965. The third-order valence-electron chi connectivity index (χ3n) is 3.61. The molecule has 186 valence electrons. The Hall–Kier alpha value is -1.44. The van der Waals surface area contributed by atoms with E-state index in [1.165, 1.54) is 14.1 Å². The largest absolute Gasteiger partial charge is 0.469 e. The number of amides is 2. The van der Waals surface area contributed by atoms with Crippen molar-refractivity contribution < 1.29 is 56.8 Å². The number of hydrogen-bond acceptors (Lipinski definition) is 8. The van der Waals surface area contributed by atoms with Gasteiger partial charge in [0.05, 0.1) is 26.4 Å². The summed E-state index contributed by atoms with van der Waals surface area (Å²) in [5, 5.41) is 0. The first kappa shape index (κ1) is 30.6. The highest BCUT2D eigenvalue weighted by molar-refractivity contribution is 7.46. The Bertz CT molecular complexity index is 662. The van der Waals surface area contributed by atoms with Gasteiger partial charge >= 0.3 is 15.6 Å². The zero-order valence-electron chi connectivity index (χ0n) is 17.8. The summed E-state index contributed by atoms with van der Waals surface area (Å²) in [4.78, 5) is 61.3. The number of phosphoric ester groups is 2. The SMILES string of the molecule is C=CC(=O)N(C)CC(COCCOCC(CN(C)C(=O)C=C)OP(=O)(O)O)OP(=O)(O)O. The van der Waals surface area contributed by atoms with E-state index in [9.17, 15) is 18.7 Å². The van der Waals surface area contributed by atoms with Gasteiger partial charge in [-0.05, 0) is 12.2 Å². The molecule has 2 amide bonds. The molecule has 0 aromatic rings. The lowest BCUT2D eigenvalue weighted by molar-refractivity contribution is -0.127. The molecule has 0 saturated heterocycles. The molecule has 0 spiro atoms.